The molecule has 1 fully saturated rings. The van der Waals surface area contributed by atoms with Gasteiger partial charge in [-0.05, 0) is 12.8 Å². The van der Waals surface area contributed by atoms with Gasteiger partial charge in [0, 0.05) is 27.7 Å². The van der Waals surface area contributed by atoms with Gasteiger partial charge in [0.05, 0.1) is 5.54 Å². The van der Waals surface area contributed by atoms with Crippen LogP contribution in [-0.4, -0.2) is 49.1 Å². The van der Waals surface area contributed by atoms with Crippen molar-refractivity contribution in [2.24, 2.45) is 5.73 Å². The van der Waals surface area contributed by atoms with Crippen LogP contribution in [0.4, 0.5) is 4.79 Å². The number of nitrogens with two attached hydrogens (primary N) is 1. The Bertz CT molecular complexity index is 209. The standard InChI is InChI=1S/C10H21N3O/c1-12(2)9(14)13(3)10(8-11)6-4-5-7-10/h4-8,11H2,1-3H3. The SMILES string of the molecule is CN(C)C(=O)N(C)C1(CN)CCCC1. The number of hydrogen-bond acceptors (Lipinski definition) is 2. The first-order chi connectivity index (χ1) is 6.53. The van der Waals surface area contributed by atoms with Gasteiger partial charge < -0.3 is 15.5 Å². The van der Waals surface area contributed by atoms with Crippen molar-refractivity contribution in [2.75, 3.05) is 27.7 Å². The average molecular weight is 199 g/mol. The minimum absolute atomic E-state index is 0.0531. The Kier molecular flexibility index (Phi) is 3.37. The molecule has 0 aliphatic heterocycles. The number of carbonyl (C=O) groups is 1. The first-order valence-electron chi connectivity index (χ1n) is 5.19. The van der Waals surface area contributed by atoms with Crippen molar-refractivity contribution in [3.63, 3.8) is 0 Å². The maximum Gasteiger partial charge on any atom is 0.319 e. The molecule has 0 aromatic rings. The van der Waals surface area contributed by atoms with E-state index in [1.165, 1.54) is 12.8 Å². The van der Waals surface area contributed by atoms with Gasteiger partial charge in [-0.3, -0.25) is 0 Å². The first kappa shape index (κ1) is 11.3. The molecule has 1 saturated carbocycles. The highest BCUT2D eigenvalue weighted by Gasteiger charge is 2.39. The summed E-state index contributed by atoms with van der Waals surface area (Å²) in [5.74, 6) is 0. The van der Waals surface area contributed by atoms with E-state index in [-0.39, 0.29) is 11.6 Å². The smallest absolute Gasteiger partial charge is 0.319 e. The molecule has 1 aliphatic carbocycles. The molecule has 4 heteroatoms. The fourth-order valence-corrected chi connectivity index (χ4v) is 2.21. The molecule has 0 unspecified atom stereocenters. The lowest BCUT2D eigenvalue weighted by molar-refractivity contribution is 0.120. The third-order valence-corrected chi connectivity index (χ3v) is 3.30. The van der Waals surface area contributed by atoms with E-state index >= 15 is 0 Å². The van der Waals surface area contributed by atoms with Gasteiger partial charge in [-0.2, -0.15) is 0 Å². The van der Waals surface area contributed by atoms with E-state index in [4.69, 9.17) is 5.73 Å². The second-order valence-electron chi connectivity index (χ2n) is 4.37. The van der Waals surface area contributed by atoms with Crippen LogP contribution in [0.1, 0.15) is 25.7 Å². The lowest BCUT2D eigenvalue weighted by atomic mass is 9.96. The normalized spacial score (nSPS) is 19.4. The Morgan fingerprint density at radius 3 is 2.14 bits per heavy atom. The molecule has 2 amide bonds. The van der Waals surface area contributed by atoms with Crippen LogP contribution < -0.4 is 5.73 Å². The van der Waals surface area contributed by atoms with Crippen molar-refractivity contribution in [3.05, 3.63) is 0 Å². The summed E-state index contributed by atoms with van der Waals surface area (Å²) in [5.41, 5.74) is 5.71. The van der Waals surface area contributed by atoms with Gasteiger partial charge >= 0.3 is 6.03 Å². The number of carbonyl (C=O) groups excluding carboxylic acids is 1. The second-order valence-corrected chi connectivity index (χ2v) is 4.37. The Hall–Kier alpha value is -0.770. The van der Waals surface area contributed by atoms with Gasteiger partial charge in [-0.25, -0.2) is 4.79 Å². The highest BCUT2D eigenvalue weighted by atomic mass is 16.2. The molecule has 82 valence electrons. The van der Waals surface area contributed by atoms with Crippen LogP contribution >= 0.6 is 0 Å². The van der Waals surface area contributed by atoms with Gasteiger partial charge in [0.1, 0.15) is 0 Å². The van der Waals surface area contributed by atoms with Crippen molar-refractivity contribution < 1.29 is 4.79 Å². The molecule has 0 aromatic heterocycles. The maximum absolute atomic E-state index is 11.8. The maximum atomic E-state index is 11.8. The predicted molar refractivity (Wildman–Crippen MR) is 57.1 cm³/mol. The van der Waals surface area contributed by atoms with Crippen molar-refractivity contribution in [2.45, 2.75) is 31.2 Å². The fraction of sp³-hybridized carbons (Fsp3) is 0.900. The van der Waals surface area contributed by atoms with Gasteiger partial charge in [-0.15, -0.1) is 0 Å². The molecular formula is C10H21N3O. The molecule has 4 nitrogen and oxygen atoms in total. The number of hydrogen-bond donors (Lipinski definition) is 1. The third-order valence-electron chi connectivity index (χ3n) is 3.30. The fourth-order valence-electron chi connectivity index (χ4n) is 2.21. The Balaban J connectivity index is 2.74. The summed E-state index contributed by atoms with van der Waals surface area (Å²) in [5, 5.41) is 0. The molecule has 0 atom stereocenters. The highest BCUT2D eigenvalue weighted by molar-refractivity contribution is 5.74. The summed E-state index contributed by atoms with van der Waals surface area (Å²) in [6, 6.07) is 0.0531. The van der Waals surface area contributed by atoms with Crippen LogP contribution in [0.15, 0.2) is 0 Å². The van der Waals surface area contributed by atoms with Crippen molar-refractivity contribution in [1.82, 2.24) is 9.80 Å². The molecular weight excluding hydrogens is 178 g/mol. The number of urea groups is 1. The summed E-state index contributed by atoms with van der Waals surface area (Å²) in [4.78, 5) is 15.2. The summed E-state index contributed by atoms with van der Waals surface area (Å²) >= 11 is 0. The largest absolute Gasteiger partial charge is 0.331 e. The van der Waals surface area contributed by atoms with Crippen LogP contribution in [0.2, 0.25) is 0 Å². The number of likely N-dealkylation sites (N-methyl/N-ethyl adjacent to an activating group) is 1. The monoisotopic (exact) mass is 199 g/mol. The van der Waals surface area contributed by atoms with E-state index in [2.05, 4.69) is 0 Å². The third kappa shape index (κ3) is 1.85. The van der Waals surface area contributed by atoms with Crippen LogP contribution in [-0.2, 0) is 0 Å². The van der Waals surface area contributed by atoms with E-state index in [9.17, 15) is 4.79 Å². The minimum atomic E-state index is -0.0820. The summed E-state index contributed by atoms with van der Waals surface area (Å²) in [6.45, 7) is 0.572. The van der Waals surface area contributed by atoms with Crippen molar-refractivity contribution in [3.8, 4) is 0 Å². The van der Waals surface area contributed by atoms with Crippen LogP contribution in [0.3, 0.4) is 0 Å². The van der Waals surface area contributed by atoms with Crippen molar-refractivity contribution in [1.29, 1.82) is 0 Å². The molecule has 0 saturated heterocycles. The lowest BCUT2D eigenvalue weighted by Gasteiger charge is -2.39. The molecule has 14 heavy (non-hydrogen) atoms. The lowest BCUT2D eigenvalue weighted by Crippen LogP contribution is -2.55. The van der Waals surface area contributed by atoms with Crippen LogP contribution in [0.25, 0.3) is 0 Å². The molecule has 0 spiro atoms. The van der Waals surface area contributed by atoms with Crippen molar-refractivity contribution >= 4 is 6.03 Å². The number of amides is 2. The second kappa shape index (κ2) is 4.17. The average Bonchev–Trinajstić information content (AvgIpc) is 2.64. The molecule has 2 N–H and O–H groups in total. The highest BCUT2D eigenvalue weighted by Crippen LogP contribution is 2.33. The molecule has 1 aliphatic rings. The van der Waals surface area contributed by atoms with E-state index < -0.39 is 0 Å². The van der Waals surface area contributed by atoms with E-state index in [0.717, 1.165) is 12.8 Å². The first-order valence-corrected chi connectivity index (χ1v) is 5.19. The van der Waals surface area contributed by atoms with E-state index in [1.54, 1.807) is 19.0 Å². The topological polar surface area (TPSA) is 49.6 Å². The zero-order valence-corrected chi connectivity index (χ0v) is 9.42. The molecule has 1 rings (SSSR count). The Labute approximate surface area is 86.0 Å². The van der Waals surface area contributed by atoms with Crippen LogP contribution in [0, 0.1) is 0 Å². The molecule has 0 radical (unpaired) electrons. The number of rotatable bonds is 2. The van der Waals surface area contributed by atoms with Gasteiger partial charge in [0.2, 0.25) is 0 Å². The Morgan fingerprint density at radius 2 is 1.79 bits per heavy atom. The summed E-state index contributed by atoms with van der Waals surface area (Å²) < 4.78 is 0. The summed E-state index contributed by atoms with van der Waals surface area (Å²) in [7, 11) is 5.41. The van der Waals surface area contributed by atoms with E-state index in [0.29, 0.717) is 6.54 Å². The zero-order valence-electron chi connectivity index (χ0n) is 9.42. The van der Waals surface area contributed by atoms with Gasteiger partial charge in [0.25, 0.3) is 0 Å². The summed E-state index contributed by atoms with van der Waals surface area (Å²) in [6.07, 6.45) is 4.45. The molecule has 0 heterocycles. The molecule has 0 aromatic carbocycles. The van der Waals surface area contributed by atoms with Gasteiger partial charge in [0.15, 0.2) is 0 Å². The zero-order chi connectivity index (χ0) is 10.8. The minimum Gasteiger partial charge on any atom is -0.331 e. The quantitative estimate of drug-likeness (QED) is 0.717. The van der Waals surface area contributed by atoms with Crippen LogP contribution in [0.5, 0.6) is 0 Å². The molecule has 0 bridgehead atoms. The number of nitrogens with zero attached hydrogens (tertiary/aromatic N) is 2. The predicted octanol–water partition coefficient (Wildman–Crippen LogP) is 0.871. The Morgan fingerprint density at radius 1 is 1.29 bits per heavy atom. The van der Waals surface area contributed by atoms with E-state index in [1.807, 2.05) is 11.9 Å². The van der Waals surface area contributed by atoms with Gasteiger partial charge in [-0.1, -0.05) is 12.8 Å².